The van der Waals surface area contributed by atoms with Gasteiger partial charge in [0.2, 0.25) is 0 Å². The van der Waals surface area contributed by atoms with Crippen molar-refractivity contribution < 1.29 is 4.39 Å². The van der Waals surface area contributed by atoms with Crippen molar-refractivity contribution in [1.82, 2.24) is 5.32 Å². The molecule has 1 atom stereocenters. The van der Waals surface area contributed by atoms with Crippen LogP contribution in [0.3, 0.4) is 0 Å². The Labute approximate surface area is 101 Å². The molecule has 2 rings (SSSR count). The van der Waals surface area contributed by atoms with Crippen molar-refractivity contribution in [1.29, 1.82) is 0 Å². The molecule has 1 heterocycles. The second-order valence-electron chi connectivity index (χ2n) is 4.54. The van der Waals surface area contributed by atoms with Gasteiger partial charge in [-0.3, -0.25) is 0 Å². The summed E-state index contributed by atoms with van der Waals surface area (Å²) in [6, 6.07) is 4.65. The topological polar surface area (TPSA) is 12.0 Å². The second-order valence-corrected chi connectivity index (χ2v) is 4.95. The molecule has 0 bridgehead atoms. The Morgan fingerprint density at radius 1 is 1.38 bits per heavy atom. The van der Waals surface area contributed by atoms with E-state index in [0.717, 1.165) is 31.5 Å². The summed E-state index contributed by atoms with van der Waals surface area (Å²) in [5.41, 5.74) is 0.952. The van der Waals surface area contributed by atoms with Crippen LogP contribution in [0.15, 0.2) is 18.2 Å². The summed E-state index contributed by atoms with van der Waals surface area (Å²) in [4.78, 5) is 0. The Hall–Kier alpha value is -0.600. The molecule has 1 unspecified atom stereocenters. The average Bonchev–Trinajstić information content (AvgIpc) is 2.32. The number of nitrogens with one attached hydrogen (secondary N) is 1. The average molecular weight is 242 g/mol. The number of hydrogen-bond donors (Lipinski definition) is 1. The highest BCUT2D eigenvalue weighted by atomic mass is 35.5. The maximum absolute atomic E-state index is 13.2. The predicted molar refractivity (Wildman–Crippen MR) is 65.4 cm³/mol. The summed E-state index contributed by atoms with van der Waals surface area (Å²) in [5.74, 6) is 0.756. The lowest BCUT2D eigenvalue weighted by Crippen LogP contribution is -2.30. The van der Waals surface area contributed by atoms with Gasteiger partial charge in [-0.2, -0.15) is 0 Å². The first-order valence-corrected chi connectivity index (χ1v) is 6.22. The first-order valence-electron chi connectivity index (χ1n) is 5.84. The summed E-state index contributed by atoms with van der Waals surface area (Å²) < 4.78 is 13.2. The van der Waals surface area contributed by atoms with E-state index in [2.05, 4.69) is 12.2 Å². The quantitative estimate of drug-likeness (QED) is 0.835. The van der Waals surface area contributed by atoms with Crippen molar-refractivity contribution in [2.24, 2.45) is 5.92 Å². The minimum atomic E-state index is -0.194. The number of halogens is 2. The molecule has 1 nitrogen and oxygen atoms in total. The van der Waals surface area contributed by atoms with Gasteiger partial charge in [-0.15, -0.1) is 0 Å². The molecule has 0 aromatic heterocycles. The van der Waals surface area contributed by atoms with Crippen molar-refractivity contribution in [2.75, 3.05) is 13.1 Å². The molecule has 1 aliphatic heterocycles. The minimum Gasteiger partial charge on any atom is -0.317 e. The van der Waals surface area contributed by atoms with Gasteiger partial charge in [0.15, 0.2) is 0 Å². The van der Waals surface area contributed by atoms with E-state index in [1.165, 1.54) is 6.07 Å². The van der Waals surface area contributed by atoms with E-state index in [9.17, 15) is 4.39 Å². The molecule has 1 saturated heterocycles. The Bertz CT molecular complexity index is 361. The van der Waals surface area contributed by atoms with Gasteiger partial charge in [-0.1, -0.05) is 18.5 Å². The highest BCUT2D eigenvalue weighted by molar-refractivity contribution is 6.31. The van der Waals surface area contributed by atoms with Gasteiger partial charge in [0.05, 0.1) is 0 Å². The lowest BCUT2D eigenvalue weighted by Gasteiger charge is -2.29. The third kappa shape index (κ3) is 2.55. The maximum atomic E-state index is 13.2. The van der Waals surface area contributed by atoms with Gasteiger partial charge in [0.1, 0.15) is 5.82 Å². The first-order chi connectivity index (χ1) is 7.68. The van der Waals surface area contributed by atoms with Crippen LogP contribution in [-0.2, 0) is 0 Å². The number of piperidine rings is 1. The molecule has 0 radical (unpaired) electrons. The highest BCUT2D eigenvalue weighted by Gasteiger charge is 2.23. The van der Waals surface area contributed by atoms with Gasteiger partial charge >= 0.3 is 0 Å². The third-order valence-corrected chi connectivity index (χ3v) is 3.88. The van der Waals surface area contributed by atoms with Crippen LogP contribution in [-0.4, -0.2) is 13.1 Å². The zero-order valence-corrected chi connectivity index (χ0v) is 10.2. The molecule has 1 aromatic carbocycles. The fourth-order valence-electron chi connectivity index (χ4n) is 2.46. The molecule has 0 amide bonds. The zero-order chi connectivity index (χ0) is 11.5. The van der Waals surface area contributed by atoms with Gasteiger partial charge in [-0.05, 0) is 61.5 Å². The van der Waals surface area contributed by atoms with E-state index < -0.39 is 0 Å². The van der Waals surface area contributed by atoms with E-state index >= 15 is 0 Å². The Morgan fingerprint density at radius 2 is 2.06 bits per heavy atom. The summed E-state index contributed by atoms with van der Waals surface area (Å²) in [6.45, 7) is 4.26. The summed E-state index contributed by atoms with van der Waals surface area (Å²) in [5, 5.41) is 4.03. The third-order valence-electron chi connectivity index (χ3n) is 3.54. The van der Waals surface area contributed by atoms with Gasteiger partial charge in [0.25, 0.3) is 0 Å². The Morgan fingerprint density at radius 3 is 2.75 bits per heavy atom. The van der Waals surface area contributed by atoms with Crippen LogP contribution in [0.5, 0.6) is 0 Å². The predicted octanol–water partition coefficient (Wildman–Crippen LogP) is 3.58. The molecule has 1 fully saturated rings. The lowest BCUT2D eigenvalue weighted by molar-refractivity contribution is 0.330. The monoisotopic (exact) mass is 241 g/mol. The molecule has 88 valence electrons. The molecule has 1 aliphatic rings. The molecule has 1 aromatic rings. The van der Waals surface area contributed by atoms with Gasteiger partial charge in [0, 0.05) is 5.02 Å². The molecule has 0 spiro atoms. The van der Waals surface area contributed by atoms with Crippen molar-refractivity contribution in [3.63, 3.8) is 0 Å². The summed E-state index contributed by atoms with van der Waals surface area (Å²) >= 11 is 6.13. The summed E-state index contributed by atoms with van der Waals surface area (Å²) in [7, 11) is 0. The molecule has 0 aliphatic carbocycles. The van der Waals surface area contributed by atoms with E-state index in [1.54, 1.807) is 12.1 Å². The lowest BCUT2D eigenvalue weighted by atomic mass is 9.82. The number of benzene rings is 1. The minimum absolute atomic E-state index is 0.194. The summed E-state index contributed by atoms with van der Waals surface area (Å²) in [6.07, 6.45) is 2.29. The van der Waals surface area contributed by atoms with Crippen molar-refractivity contribution in [3.8, 4) is 0 Å². The van der Waals surface area contributed by atoms with E-state index in [-0.39, 0.29) is 5.82 Å². The molecule has 16 heavy (non-hydrogen) atoms. The van der Waals surface area contributed by atoms with Crippen molar-refractivity contribution in [2.45, 2.75) is 25.7 Å². The van der Waals surface area contributed by atoms with Crippen LogP contribution in [0.4, 0.5) is 4.39 Å². The van der Waals surface area contributed by atoms with Gasteiger partial charge < -0.3 is 5.32 Å². The van der Waals surface area contributed by atoms with Crippen LogP contribution in [0.25, 0.3) is 0 Å². The van der Waals surface area contributed by atoms with E-state index in [4.69, 9.17) is 11.6 Å². The Balaban J connectivity index is 2.18. The maximum Gasteiger partial charge on any atom is 0.123 e. The smallest absolute Gasteiger partial charge is 0.123 e. The van der Waals surface area contributed by atoms with Crippen LogP contribution >= 0.6 is 11.6 Å². The molecule has 0 saturated carbocycles. The first kappa shape index (κ1) is 11.9. The van der Waals surface area contributed by atoms with E-state index in [0.29, 0.717) is 16.9 Å². The fourth-order valence-corrected chi connectivity index (χ4v) is 2.75. The normalized spacial score (nSPS) is 19.7. The van der Waals surface area contributed by atoms with Crippen molar-refractivity contribution >= 4 is 11.6 Å². The fraction of sp³-hybridized carbons (Fsp3) is 0.538. The van der Waals surface area contributed by atoms with Crippen LogP contribution in [0, 0.1) is 11.7 Å². The standard InChI is InChI=1S/C13H17ClFN/c1-9(10-4-6-16-7-5-10)12-8-11(15)2-3-13(12)14/h2-3,8-10,16H,4-7H2,1H3. The van der Waals surface area contributed by atoms with Crippen LogP contribution in [0.2, 0.25) is 5.02 Å². The van der Waals surface area contributed by atoms with Gasteiger partial charge in [-0.25, -0.2) is 4.39 Å². The number of hydrogen-bond acceptors (Lipinski definition) is 1. The molecule has 3 heteroatoms. The highest BCUT2D eigenvalue weighted by Crippen LogP contribution is 2.34. The molecule has 1 N–H and O–H groups in total. The molecular formula is C13H17ClFN. The molecular weight excluding hydrogens is 225 g/mol. The van der Waals surface area contributed by atoms with Crippen LogP contribution in [0.1, 0.15) is 31.2 Å². The van der Waals surface area contributed by atoms with Crippen LogP contribution < -0.4 is 5.32 Å². The largest absolute Gasteiger partial charge is 0.317 e. The Kier molecular flexibility index (Phi) is 3.82. The second kappa shape index (κ2) is 5.15. The van der Waals surface area contributed by atoms with E-state index in [1.807, 2.05) is 0 Å². The SMILES string of the molecule is CC(c1cc(F)ccc1Cl)C1CCNCC1. The number of rotatable bonds is 2. The van der Waals surface area contributed by atoms with Crippen molar-refractivity contribution in [3.05, 3.63) is 34.6 Å². The zero-order valence-electron chi connectivity index (χ0n) is 9.47.